The van der Waals surface area contributed by atoms with E-state index >= 15 is 0 Å². The largest absolute Gasteiger partial charge is 0.480 e. The summed E-state index contributed by atoms with van der Waals surface area (Å²) in [6, 6.07) is -5.20. The standard InChI is InChI=1S/C17H31N5O7S/c1-7(2)4-9(14(25)22-11(6-30)17(28)29)20-15(26)10(5-12(18)24)21-16(27)13(19)8(3)23/h7-11,13,23,30H,4-6,19H2,1-3H3,(H2,18,24)(H,20,26)(H,21,27)(H,22,25)(H,28,29). The first-order valence-electron chi connectivity index (χ1n) is 9.26. The Morgan fingerprint density at radius 1 is 0.900 bits per heavy atom. The molecule has 5 atom stereocenters. The van der Waals surface area contributed by atoms with Crippen molar-refractivity contribution in [2.45, 2.75) is 63.9 Å². The molecule has 9 N–H and O–H groups in total. The number of aliphatic hydroxyl groups excluding tert-OH is 1. The van der Waals surface area contributed by atoms with Crippen molar-refractivity contribution in [1.82, 2.24) is 16.0 Å². The van der Waals surface area contributed by atoms with Crippen LogP contribution in [-0.2, 0) is 24.0 Å². The van der Waals surface area contributed by atoms with Crippen LogP contribution in [0, 0.1) is 5.92 Å². The third-order valence-electron chi connectivity index (χ3n) is 4.00. The van der Waals surface area contributed by atoms with Crippen molar-refractivity contribution in [3.05, 3.63) is 0 Å². The number of rotatable bonds is 13. The van der Waals surface area contributed by atoms with Gasteiger partial charge in [-0.25, -0.2) is 4.79 Å². The summed E-state index contributed by atoms with van der Waals surface area (Å²) in [7, 11) is 0. The molecule has 0 aliphatic carbocycles. The van der Waals surface area contributed by atoms with Gasteiger partial charge in [0.2, 0.25) is 23.6 Å². The Balaban J connectivity index is 5.45. The molecule has 0 saturated carbocycles. The molecule has 30 heavy (non-hydrogen) atoms. The van der Waals surface area contributed by atoms with Gasteiger partial charge in [-0.05, 0) is 19.3 Å². The summed E-state index contributed by atoms with van der Waals surface area (Å²) in [5.41, 5.74) is 10.6. The fraction of sp³-hybridized carbons (Fsp3) is 0.706. The van der Waals surface area contributed by atoms with Crippen molar-refractivity contribution >= 4 is 42.2 Å². The number of hydrogen-bond donors (Lipinski definition) is 8. The predicted molar refractivity (Wildman–Crippen MR) is 110 cm³/mol. The van der Waals surface area contributed by atoms with Crippen LogP contribution >= 0.6 is 12.6 Å². The normalized spacial score (nSPS) is 16.0. The number of aliphatic hydroxyl groups is 1. The van der Waals surface area contributed by atoms with Crippen molar-refractivity contribution in [3.8, 4) is 0 Å². The summed E-state index contributed by atoms with van der Waals surface area (Å²) in [4.78, 5) is 59.6. The Morgan fingerprint density at radius 3 is 1.77 bits per heavy atom. The number of nitrogens with one attached hydrogen (secondary N) is 3. The van der Waals surface area contributed by atoms with E-state index in [-0.39, 0.29) is 18.1 Å². The molecule has 12 nitrogen and oxygen atoms in total. The second-order valence-corrected chi connectivity index (χ2v) is 7.64. The highest BCUT2D eigenvalue weighted by atomic mass is 32.1. The van der Waals surface area contributed by atoms with Gasteiger partial charge in [0.15, 0.2) is 0 Å². The number of carbonyl (C=O) groups excluding carboxylic acids is 4. The van der Waals surface area contributed by atoms with E-state index < -0.39 is 66.3 Å². The smallest absolute Gasteiger partial charge is 0.327 e. The van der Waals surface area contributed by atoms with E-state index in [4.69, 9.17) is 16.6 Å². The van der Waals surface area contributed by atoms with Crippen molar-refractivity contribution in [2.24, 2.45) is 17.4 Å². The van der Waals surface area contributed by atoms with Crippen LogP contribution in [0.5, 0.6) is 0 Å². The molecule has 0 heterocycles. The first-order chi connectivity index (χ1) is 13.8. The fourth-order valence-electron chi connectivity index (χ4n) is 2.33. The second-order valence-electron chi connectivity index (χ2n) is 7.27. The maximum absolute atomic E-state index is 12.6. The number of carboxylic acids is 1. The minimum atomic E-state index is -1.44. The number of carboxylic acid groups (broad SMARTS) is 1. The lowest BCUT2D eigenvalue weighted by Crippen LogP contribution is -2.59. The molecule has 5 unspecified atom stereocenters. The molecule has 172 valence electrons. The number of carbonyl (C=O) groups is 5. The molecule has 0 aromatic rings. The van der Waals surface area contributed by atoms with Gasteiger partial charge in [-0.1, -0.05) is 13.8 Å². The van der Waals surface area contributed by atoms with Crippen LogP contribution < -0.4 is 27.4 Å². The van der Waals surface area contributed by atoms with Gasteiger partial charge >= 0.3 is 5.97 Å². The van der Waals surface area contributed by atoms with E-state index in [1.54, 1.807) is 13.8 Å². The Morgan fingerprint density at radius 2 is 1.37 bits per heavy atom. The molecule has 0 bridgehead atoms. The molecule has 13 heteroatoms. The van der Waals surface area contributed by atoms with Gasteiger partial charge in [0.05, 0.1) is 12.5 Å². The van der Waals surface area contributed by atoms with E-state index in [0.29, 0.717) is 0 Å². The van der Waals surface area contributed by atoms with Crippen LogP contribution in [0.15, 0.2) is 0 Å². The SMILES string of the molecule is CC(C)CC(NC(=O)C(CC(N)=O)NC(=O)C(N)C(C)O)C(=O)NC(CS)C(=O)O. The highest BCUT2D eigenvalue weighted by Crippen LogP contribution is 2.07. The summed E-state index contributed by atoms with van der Waals surface area (Å²) in [6.45, 7) is 4.84. The monoisotopic (exact) mass is 449 g/mol. The molecule has 0 aromatic carbocycles. The van der Waals surface area contributed by atoms with Crippen LogP contribution in [-0.4, -0.2) is 75.8 Å². The lowest BCUT2D eigenvalue weighted by Gasteiger charge is -2.25. The number of thiol groups is 1. The molecule has 0 aromatic heterocycles. The fourth-order valence-corrected chi connectivity index (χ4v) is 2.58. The van der Waals surface area contributed by atoms with Crippen LogP contribution in [0.25, 0.3) is 0 Å². The Bertz CT molecular complexity index is 644. The van der Waals surface area contributed by atoms with E-state index in [1.165, 1.54) is 6.92 Å². The Labute approximate surface area is 179 Å². The van der Waals surface area contributed by atoms with Gasteiger partial charge in [0.25, 0.3) is 0 Å². The Hall–Kier alpha value is -2.38. The molecule has 0 rings (SSSR count). The van der Waals surface area contributed by atoms with Crippen molar-refractivity contribution < 1.29 is 34.2 Å². The van der Waals surface area contributed by atoms with Gasteiger partial charge in [0.1, 0.15) is 24.2 Å². The molecule has 0 radical (unpaired) electrons. The van der Waals surface area contributed by atoms with E-state index in [2.05, 4.69) is 28.6 Å². The average Bonchev–Trinajstić information content (AvgIpc) is 2.62. The number of hydrogen-bond acceptors (Lipinski definition) is 8. The quantitative estimate of drug-likeness (QED) is 0.136. The van der Waals surface area contributed by atoms with Crippen LogP contribution in [0.1, 0.15) is 33.6 Å². The molecule has 0 saturated heterocycles. The van der Waals surface area contributed by atoms with Crippen LogP contribution in [0.3, 0.4) is 0 Å². The summed E-state index contributed by atoms with van der Waals surface area (Å²) in [5.74, 6) is -4.96. The summed E-state index contributed by atoms with van der Waals surface area (Å²) in [6.07, 6.45) is -1.63. The summed E-state index contributed by atoms with van der Waals surface area (Å²) >= 11 is 3.87. The zero-order chi connectivity index (χ0) is 23.6. The number of aliphatic carboxylic acids is 1. The van der Waals surface area contributed by atoms with Gasteiger partial charge in [-0.2, -0.15) is 12.6 Å². The van der Waals surface area contributed by atoms with E-state index in [9.17, 15) is 29.1 Å². The van der Waals surface area contributed by atoms with E-state index in [1.807, 2.05) is 0 Å². The minimum absolute atomic E-state index is 0.0619. The zero-order valence-electron chi connectivity index (χ0n) is 17.1. The highest BCUT2D eigenvalue weighted by Gasteiger charge is 2.31. The molecular formula is C17H31N5O7S. The van der Waals surface area contributed by atoms with Gasteiger partial charge in [-0.3, -0.25) is 19.2 Å². The van der Waals surface area contributed by atoms with Crippen LogP contribution in [0.2, 0.25) is 0 Å². The number of amides is 4. The number of nitrogens with two attached hydrogens (primary N) is 2. The zero-order valence-corrected chi connectivity index (χ0v) is 18.0. The van der Waals surface area contributed by atoms with Crippen molar-refractivity contribution in [3.63, 3.8) is 0 Å². The average molecular weight is 450 g/mol. The maximum Gasteiger partial charge on any atom is 0.327 e. The minimum Gasteiger partial charge on any atom is -0.480 e. The van der Waals surface area contributed by atoms with Crippen LogP contribution in [0.4, 0.5) is 0 Å². The van der Waals surface area contributed by atoms with Gasteiger partial charge in [-0.15, -0.1) is 0 Å². The molecular weight excluding hydrogens is 418 g/mol. The molecule has 0 fully saturated rings. The lowest BCUT2D eigenvalue weighted by atomic mass is 10.0. The molecule has 4 amide bonds. The van der Waals surface area contributed by atoms with Crippen molar-refractivity contribution in [2.75, 3.05) is 5.75 Å². The second kappa shape index (κ2) is 13.0. The molecule has 0 aliphatic heterocycles. The van der Waals surface area contributed by atoms with Crippen molar-refractivity contribution in [1.29, 1.82) is 0 Å². The highest BCUT2D eigenvalue weighted by molar-refractivity contribution is 7.80. The summed E-state index contributed by atoms with van der Waals surface area (Å²) < 4.78 is 0. The molecule has 0 spiro atoms. The third kappa shape index (κ3) is 9.89. The van der Waals surface area contributed by atoms with Gasteiger partial charge in [0, 0.05) is 5.75 Å². The lowest BCUT2D eigenvalue weighted by molar-refractivity contribution is -0.141. The first-order valence-corrected chi connectivity index (χ1v) is 9.90. The molecule has 0 aliphatic rings. The third-order valence-corrected chi connectivity index (χ3v) is 4.36. The van der Waals surface area contributed by atoms with Gasteiger partial charge < -0.3 is 37.6 Å². The predicted octanol–water partition coefficient (Wildman–Crippen LogP) is -2.92. The number of primary amides is 1. The summed E-state index contributed by atoms with van der Waals surface area (Å²) in [5, 5.41) is 25.4. The van der Waals surface area contributed by atoms with E-state index in [0.717, 1.165) is 0 Å². The maximum atomic E-state index is 12.6. The first kappa shape index (κ1) is 27.6. The topological polar surface area (TPSA) is 214 Å². The Kier molecular flexibility index (Phi) is 12.0.